The summed E-state index contributed by atoms with van der Waals surface area (Å²) >= 11 is 3.59. The van der Waals surface area contributed by atoms with Crippen LogP contribution < -0.4 is 5.32 Å². The lowest BCUT2D eigenvalue weighted by Gasteiger charge is -2.10. The van der Waals surface area contributed by atoms with Gasteiger partial charge in [-0.2, -0.15) is 0 Å². The molecule has 0 radical (unpaired) electrons. The summed E-state index contributed by atoms with van der Waals surface area (Å²) in [5.74, 6) is 0.205. The number of halogens is 1. The summed E-state index contributed by atoms with van der Waals surface area (Å²) in [5.41, 5.74) is 4.18. The first-order chi connectivity index (χ1) is 12.0. The van der Waals surface area contributed by atoms with Gasteiger partial charge in [0, 0.05) is 9.26 Å². The average molecular weight is 464 g/mol. The molecule has 0 atom stereocenters. The summed E-state index contributed by atoms with van der Waals surface area (Å²) in [4.78, 5) is 12.2. The maximum atomic E-state index is 12.2. The fraction of sp³-hybridized carbons (Fsp3) is 0.167. The SMILES string of the molecule is Cc1ccc(-n2cnnc2SCC(=O)Nc2cccc(I)c2)c(C)c1. The quantitative estimate of drug-likeness (QED) is 0.454. The van der Waals surface area contributed by atoms with Gasteiger partial charge in [0.2, 0.25) is 5.91 Å². The fourth-order valence-corrected chi connectivity index (χ4v) is 3.72. The van der Waals surface area contributed by atoms with Crippen LogP contribution in [-0.2, 0) is 4.79 Å². The second kappa shape index (κ2) is 8.01. The van der Waals surface area contributed by atoms with Crippen molar-refractivity contribution < 1.29 is 4.79 Å². The maximum Gasteiger partial charge on any atom is 0.234 e. The largest absolute Gasteiger partial charge is 0.325 e. The molecule has 0 aliphatic rings. The van der Waals surface area contributed by atoms with E-state index in [1.165, 1.54) is 17.3 Å². The predicted molar refractivity (Wildman–Crippen MR) is 109 cm³/mol. The van der Waals surface area contributed by atoms with Gasteiger partial charge in [-0.15, -0.1) is 10.2 Å². The number of aromatic nitrogens is 3. The van der Waals surface area contributed by atoms with Gasteiger partial charge in [0.15, 0.2) is 5.16 Å². The Balaban J connectivity index is 1.68. The van der Waals surface area contributed by atoms with Gasteiger partial charge in [-0.1, -0.05) is 35.5 Å². The Morgan fingerprint density at radius 3 is 2.84 bits per heavy atom. The first-order valence-electron chi connectivity index (χ1n) is 7.69. The summed E-state index contributed by atoms with van der Waals surface area (Å²) in [7, 11) is 0. The van der Waals surface area contributed by atoms with Gasteiger partial charge >= 0.3 is 0 Å². The summed E-state index contributed by atoms with van der Waals surface area (Å²) in [6.45, 7) is 4.12. The Morgan fingerprint density at radius 2 is 2.08 bits per heavy atom. The Bertz CT molecular complexity index is 910. The van der Waals surface area contributed by atoms with E-state index in [2.05, 4.69) is 64.1 Å². The van der Waals surface area contributed by atoms with Crippen LogP contribution in [0.15, 0.2) is 53.9 Å². The number of nitrogens with one attached hydrogen (secondary N) is 1. The molecular formula is C18H17IN4OS. The van der Waals surface area contributed by atoms with Gasteiger partial charge in [0.1, 0.15) is 6.33 Å². The number of nitrogens with zero attached hydrogens (tertiary/aromatic N) is 3. The molecule has 0 saturated heterocycles. The summed E-state index contributed by atoms with van der Waals surface area (Å²) in [6, 6.07) is 13.9. The van der Waals surface area contributed by atoms with Gasteiger partial charge in [-0.05, 0) is 66.3 Å². The average Bonchev–Trinajstić information content (AvgIpc) is 3.01. The van der Waals surface area contributed by atoms with Crippen molar-refractivity contribution in [1.29, 1.82) is 0 Å². The number of amides is 1. The van der Waals surface area contributed by atoms with Crippen LogP contribution in [0.1, 0.15) is 11.1 Å². The molecule has 7 heteroatoms. The molecule has 1 N–H and O–H groups in total. The maximum absolute atomic E-state index is 12.2. The first kappa shape index (κ1) is 17.9. The third kappa shape index (κ3) is 4.60. The Hall–Kier alpha value is -1.87. The van der Waals surface area contributed by atoms with Crippen molar-refractivity contribution in [1.82, 2.24) is 14.8 Å². The van der Waals surface area contributed by atoms with Crippen molar-refractivity contribution >= 4 is 45.9 Å². The molecule has 128 valence electrons. The third-order valence-corrected chi connectivity index (χ3v) is 5.18. The number of carbonyl (C=O) groups is 1. The molecule has 1 heterocycles. The zero-order valence-electron chi connectivity index (χ0n) is 13.9. The van der Waals surface area contributed by atoms with Gasteiger partial charge in [-0.3, -0.25) is 9.36 Å². The number of hydrogen-bond donors (Lipinski definition) is 1. The van der Waals surface area contributed by atoms with Crippen LogP contribution in [0.2, 0.25) is 0 Å². The molecule has 0 fully saturated rings. The van der Waals surface area contributed by atoms with Crippen molar-refractivity contribution in [2.24, 2.45) is 0 Å². The van der Waals surface area contributed by atoms with E-state index < -0.39 is 0 Å². The first-order valence-corrected chi connectivity index (χ1v) is 9.75. The molecule has 1 amide bonds. The van der Waals surface area contributed by atoms with E-state index >= 15 is 0 Å². The minimum absolute atomic E-state index is 0.0674. The second-order valence-electron chi connectivity index (χ2n) is 5.62. The molecule has 1 aromatic heterocycles. The van der Waals surface area contributed by atoms with Gasteiger partial charge in [-0.25, -0.2) is 0 Å². The highest BCUT2D eigenvalue weighted by Gasteiger charge is 2.12. The van der Waals surface area contributed by atoms with E-state index in [9.17, 15) is 4.79 Å². The number of thioether (sulfide) groups is 1. The Morgan fingerprint density at radius 1 is 1.24 bits per heavy atom. The number of benzene rings is 2. The van der Waals surface area contributed by atoms with E-state index in [0.29, 0.717) is 5.16 Å². The van der Waals surface area contributed by atoms with Crippen molar-refractivity contribution in [3.05, 3.63) is 63.5 Å². The lowest BCUT2D eigenvalue weighted by Crippen LogP contribution is -2.14. The third-order valence-electron chi connectivity index (χ3n) is 3.57. The molecule has 0 bridgehead atoms. The molecule has 0 unspecified atom stereocenters. The highest BCUT2D eigenvalue weighted by molar-refractivity contribution is 14.1. The lowest BCUT2D eigenvalue weighted by atomic mass is 10.1. The number of rotatable bonds is 5. The van der Waals surface area contributed by atoms with E-state index in [-0.39, 0.29) is 11.7 Å². The van der Waals surface area contributed by atoms with Crippen LogP contribution in [-0.4, -0.2) is 26.4 Å². The Labute approximate surface area is 164 Å². The fourth-order valence-electron chi connectivity index (χ4n) is 2.46. The topological polar surface area (TPSA) is 59.8 Å². The van der Waals surface area contributed by atoms with E-state index in [4.69, 9.17) is 0 Å². The standard InChI is InChI=1S/C18H17IN4OS/c1-12-6-7-16(13(2)8-12)23-11-20-22-18(23)25-10-17(24)21-15-5-3-4-14(19)9-15/h3-9,11H,10H2,1-2H3,(H,21,24). The molecule has 0 saturated carbocycles. The van der Waals surface area contributed by atoms with Crippen molar-refractivity contribution in [3.63, 3.8) is 0 Å². The zero-order valence-corrected chi connectivity index (χ0v) is 16.8. The molecular weight excluding hydrogens is 447 g/mol. The minimum atomic E-state index is -0.0674. The highest BCUT2D eigenvalue weighted by atomic mass is 127. The molecule has 25 heavy (non-hydrogen) atoms. The Kier molecular flexibility index (Phi) is 5.74. The molecule has 0 aliphatic carbocycles. The second-order valence-corrected chi connectivity index (χ2v) is 7.81. The summed E-state index contributed by atoms with van der Waals surface area (Å²) in [6.07, 6.45) is 1.68. The van der Waals surface area contributed by atoms with Crippen LogP contribution in [0.4, 0.5) is 5.69 Å². The van der Waals surface area contributed by atoms with Gasteiger partial charge in [0.25, 0.3) is 0 Å². The summed E-state index contributed by atoms with van der Waals surface area (Å²) in [5, 5.41) is 11.7. The molecule has 3 rings (SSSR count). The van der Waals surface area contributed by atoms with Crippen LogP contribution in [0, 0.1) is 17.4 Å². The molecule has 5 nitrogen and oxygen atoms in total. The molecule has 3 aromatic rings. The highest BCUT2D eigenvalue weighted by Crippen LogP contribution is 2.23. The molecule has 2 aromatic carbocycles. The van der Waals surface area contributed by atoms with Crippen molar-refractivity contribution in [3.8, 4) is 5.69 Å². The van der Waals surface area contributed by atoms with E-state index in [0.717, 1.165) is 20.5 Å². The summed E-state index contributed by atoms with van der Waals surface area (Å²) < 4.78 is 3.00. The predicted octanol–water partition coefficient (Wildman–Crippen LogP) is 4.22. The zero-order chi connectivity index (χ0) is 17.8. The van der Waals surface area contributed by atoms with E-state index in [1.807, 2.05) is 34.9 Å². The number of carbonyl (C=O) groups excluding carboxylic acids is 1. The molecule has 0 spiro atoms. The molecule has 0 aliphatic heterocycles. The van der Waals surface area contributed by atoms with Crippen molar-refractivity contribution in [2.75, 3.05) is 11.1 Å². The lowest BCUT2D eigenvalue weighted by molar-refractivity contribution is -0.113. The number of aryl methyl sites for hydroxylation is 2. The number of hydrogen-bond acceptors (Lipinski definition) is 4. The van der Waals surface area contributed by atoms with Crippen LogP contribution >= 0.6 is 34.4 Å². The monoisotopic (exact) mass is 464 g/mol. The van der Waals surface area contributed by atoms with Gasteiger partial charge in [0.05, 0.1) is 11.4 Å². The minimum Gasteiger partial charge on any atom is -0.325 e. The smallest absolute Gasteiger partial charge is 0.234 e. The van der Waals surface area contributed by atoms with Crippen LogP contribution in [0.3, 0.4) is 0 Å². The number of anilines is 1. The van der Waals surface area contributed by atoms with Gasteiger partial charge < -0.3 is 5.32 Å². The van der Waals surface area contributed by atoms with Crippen molar-refractivity contribution in [2.45, 2.75) is 19.0 Å². The normalized spacial score (nSPS) is 10.7. The van der Waals surface area contributed by atoms with E-state index in [1.54, 1.807) is 6.33 Å². The van der Waals surface area contributed by atoms with Crippen LogP contribution in [0.25, 0.3) is 5.69 Å². The van der Waals surface area contributed by atoms with Crippen LogP contribution in [0.5, 0.6) is 0 Å².